The molecule has 0 fully saturated rings. The lowest BCUT2D eigenvalue weighted by atomic mass is 10.6. The van der Waals surface area contributed by atoms with Crippen LogP contribution in [0.25, 0.3) is 0 Å². The van der Waals surface area contributed by atoms with Crippen LogP contribution in [0.15, 0.2) is 0 Å². The Morgan fingerprint density at radius 1 is 1.83 bits per heavy atom. The molecular formula is C4H10NO. The molecule has 0 saturated heterocycles. The molecule has 1 N–H and O–H groups in total. The van der Waals surface area contributed by atoms with Crippen molar-refractivity contribution in [3.8, 4) is 0 Å². The third-order valence-electron chi connectivity index (χ3n) is 0.492. The highest BCUT2D eigenvalue weighted by molar-refractivity contribution is 4.36. The average molecular weight is 88.1 g/mol. The summed E-state index contributed by atoms with van der Waals surface area (Å²) in [6.07, 6.45) is -0.602. The highest BCUT2D eigenvalue weighted by Gasteiger charge is 1.86. The van der Waals surface area contributed by atoms with Gasteiger partial charge in [-0.25, -0.2) is 5.11 Å². The van der Waals surface area contributed by atoms with Gasteiger partial charge in [-0.2, -0.15) is 0 Å². The average Bonchev–Trinajstić information content (AvgIpc) is 1.35. The molecule has 1 unspecified atom stereocenters. The van der Waals surface area contributed by atoms with Crippen LogP contribution in [-0.4, -0.2) is 12.8 Å². The van der Waals surface area contributed by atoms with E-state index in [-0.39, 0.29) is 0 Å². The summed E-state index contributed by atoms with van der Waals surface area (Å²) in [4.78, 5) is 0. The summed E-state index contributed by atoms with van der Waals surface area (Å²) < 4.78 is 0. The minimum Gasteiger partial charge on any atom is -0.290 e. The fraction of sp³-hybridized carbons (Fsp3) is 1.00. The molecule has 0 saturated carbocycles. The van der Waals surface area contributed by atoms with Crippen molar-refractivity contribution in [2.24, 2.45) is 0 Å². The first-order chi connectivity index (χ1) is 2.77. The summed E-state index contributed by atoms with van der Waals surface area (Å²) in [5, 5.41) is 12.7. The number of hydrogen-bond acceptors (Lipinski definition) is 1. The summed E-state index contributed by atoms with van der Waals surface area (Å²) >= 11 is 0. The van der Waals surface area contributed by atoms with Gasteiger partial charge in [-0.05, 0) is 13.5 Å². The fourth-order valence-corrected chi connectivity index (χ4v) is 0.287. The summed E-state index contributed by atoms with van der Waals surface area (Å²) in [6.45, 7) is 4.27. The maximum absolute atomic E-state index is 10.0. The minimum atomic E-state index is -0.602. The maximum atomic E-state index is 10.0. The minimum absolute atomic E-state index is 0.602. The Kier molecular flexibility index (Phi) is 3.08. The number of hydrogen-bond donors (Lipinski definition) is 1. The zero-order valence-electron chi connectivity index (χ0n) is 4.19. The van der Waals surface area contributed by atoms with Gasteiger partial charge in [-0.15, -0.1) is 0 Å². The Morgan fingerprint density at radius 2 is 2.33 bits per heavy atom. The molecule has 0 aliphatic rings. The van der Waals surface area contributed by atoms with Crippen molar-refractivity contribution in [3.05, 3.63) is 0 Å². The van der Waals surface area contributed by atoms with Crippen molar-refractivity contribution in [3.63, 3.8) is 0 Å². The molecule has 0 rings (SSSR count). The summed E-state index contributed by atoms with van der Waals surface area (Å²) in [5.74, 6) is 0. The zero-order chi connectivity index (χ0) is 4.99. The smallest absolute Gasteiger partial charge is 0.140 e. The van der Waals surface area contributed by atoms with Gasteiger partial charge in [0.2, 0.25) is 0 Å². The van der Waals surface area contributed by atoms with E-state index in [1.807, 2.05) is 6.92 Å². The molecule has 0 amide bonds. The zero-order valence-corrected chi connectivity index (χ0v) is 4.19. The first kappa shape index (κ1) is 5.92. The van der Waals surface area contributed by atoms with E-state index in [0.29, 0.717) is 0 Å². The van der Waals surface area contributed by atoms with Crippen LogP contribution in [0, 0.1) is 0 Å². The number of rotatable bonds is 2. The molecule has 0 bridgehead atoms. The van der Waals surface area contributed by atoms with E-state index in [9.17, 15) is 5.11 Å². The Labute approximate surface area is 38.2 Å². The quantitative estimate of drug-likeness (QED) is 0.486. The fourth-order valence-electron chi connectivity index (χ4n) is 0.287. The second kappa shape index (κ2) is 3.12. The van der Waals surface area contributed by atoms with Gasteiger partial charge in [-0.1, -0.05) is 6.92 Å². The maximum Gasteiger partial charge on any atom is 0.140 e. The lowest BCUT2D eigenvalue weighted by Gasteiger charge is -1.96. The van der Waals surface area contributed by atoms with Crippen LogP contribution in [0.3, 0.4) is 0 Å². The normalized spacial score (nSPS) is 14.5. The Hall–Kier alpha value is -0.0800. The molecule has 0 aromatic carbocycles. The third kappa shape index (κ3) is 3.92. The van der Waals surface area contributed by atoms with Crippen LogP contribution in [0.1, 0.15) is 13.8 Å². The lowest BCUT2D eigenvalue weighted by Crippen LogP contribution is -2.22. The second-order valence-corrected chi connectivity index (χ2v) is 1.20. The molecular weight excluding hydrogens is 78.0 g/mol. The molecule has 0 spiro atoms. The standard InChI is InChI=1S/C4H10NO/c1-3-5-4(2)6/h4-5H,3H2,1-2H3. The molecule has 1 atom stereocenters. The second-order valence-electron chi connectivity index (χ2n) is 1.20. The molecule has 6 heavy (non-hydrogen) atoms. The predicted octanol–water partition coefficient (Wildman–Crippen LogP) is 0.372. The largest absolute Gasteiger partial charge is 0.290 e. The third-order valence-corrected chi connectivity index (χ3v) is 0.492. The molecule has 0 aromatic heterocycles. The van der Waals surface area contributed by atoms with E-state index in [2.05, 4.69) is 5.32 Å². The Balaban J connectivity index is 2.63. The van der Waals surface area contributed by atoms with Gasteiger partial charge in [0.25, 0.3) is 0 Å². The molecule has 1 radical (unpaired) electrons. The monoisotopic (exact) mass is 88.1 g/mol. The molecule has 0 aromatic rings. The van der Waals surface area contributed by atoms with E-state index >= 15 is 0 Å². The first-order valence-corrected chi connectivity index (χ1v) is 2.16. The number of nitrogens with one attached hydrogen (secondary N) is 1. The van der Waals surface area contributed by atoms with Crippen molar-refractivity contribution in [2.75, 3.05) is 6.54 Å². The van der Waals surface area contributed by atoms with Gasteiger partial charge in [0, 0.05) is 0 Å². The van der Waals surface area contributed by atoms with E-state index < -0.39 is 6.23 Å². The molecule has 2 heteroatoms. The van der Waals surface area contributed by atoms with Crippen LogP contribution >= 0.6 is 0 Å². The highest BCUT2D eigenvalue weighted by Crippen LogP contribution is 1.67. The Bertz CT molecular complexity index is 28.7. The molecule has 2 nitrogen and oxygen atoms in total. The van der Waals surface area contributed by atoms with Gasteiger partial charge in [-0.3, -0.25) is 5.32 Å². The summed E-state index contributed by atoms with van der Waals surface area (Å²) in [6, 6.07) is 0. The Morgan fingerprint density at radius 3 is 2.33 bits per heavy atom. The van der Waals surface area contributed by atoms with Gasteiger partial charge in [0.05, 0.1) is 0 Å². The van der Waals surface area contributed by atoms with E-state index in [1.165, 1.54) is 0 Å². The topological polar surface area (TPSA) is 31.9 Å². The molecule has 0 heterocycles. The molecule has 37 valence electrons. The summed E-state index contributed by atoms with van der Waals surface area (Å²) in [5.41, 5.74) is 0. The van der Waals surface area contributed by atoms with Crippen LogP contribution in [0.4, 0.5) is 0 Å². The molecule has 0 aliphatic heterocycles. The van der Waals surface area contributed by atoms with Gasteiger partial charge in [0.15, 0.2) is 0 Å². The van der Waals surface area contributed by atoms with Gasteiger partial charge < -0.3 is 0 Å². The van der Waals surface area contributed by atoms with Crippen LogP contribution < -0.4 is 5.32 Å². The van der Waals surface area contributed by atoms with Crippen LogP contribution in [0.2, 0.25) is 0 Å². The summed E-state index contributed by atoms with van der Waals surface area (Å²) in [7, 11) is 0. The molecule has 0 aliphatic carbocycles. The van der Waals surface area contributed by atoms with Gasteiger partial charge in [0.1, 0.15) is 6.23 Å². The van der Waals surface area contributed by atoms with E-state index in [1.54, 1.807) is 6.92 Å². The van der Waals surface area contributed by atoms with Crippen molar-refractivity contribution in [1.82, 2.24) is 5.32 Å². The van der Waals surface area contributed by atoms with Crippen LogP contribution in [-0.2, 0) is 5.11 Å². The SMILES string of the molecule is CCNC(C)[O]. The van der Waals surface area contributed by atoms with Gasteiger partial charge >= 0.3 is 0 Å². The van der Waals surface area contributed by atoms with Crippen molar-refractivity contribution in [2.45, 2.75) is 20.1 Å². The van der Waals surface area contributed by atoms with E-state index in [0.717, 1.165) is 6.54 Å². The lowest BCUT2D eigenvalue weighted by molar-refractivity contribution is 0.0771. The van der Waals surface area contributed by atoms with E-state index in [4.69, 9.17) is 0 Å². The van der Waals surface area contributed by atoms with Crippen molar-refractivity contribution in [1.29, 1.82) is 0 Å². The van der Waals surface area contributed by atoms with Crippen molar-refractivity contribution < 1.29 is 5.11 Å². The highest BCUT2D eigenvalue weighted by atomic mass is 16.3. The van der Waals surface area contributed by atoms with Crippen molar-refractivity contribution >= 4 is 0 Å². The first-order valence-electron chi connectivity index (χ1n) is 2.16. The van der Waals surface area contributed by atoms with Crippen LogP contribution in [0.5, 0.6) is 0 Å². The predicted molar refractivity (Wildman–Crippen MR) is 23.8 cm³/mol.